The third-order valence-corrected chi connectivity index (χ3v) is 7.26. The number of aliphatic hydroxyl groups is 2. The molecule has 0 spiro atoms. The van der Waals surface area contributed by atoms with E-state index >= 15 is 0 Å². The molecule has 0 amide bonds. The van der Waals surface area contributed by atoms with Gasteiger partial charge in [-0.3, -0.25) is 4.99 Å². The molecule has 0 heterocycles. The minimum atomic E-state index is -1.21. The number of nitrogens with zero attached hydrogens (tertiary/aromatic N) is 1. The van der Waals surface area contributed by atoms with Crippen LogP contribution < -0.4 is 10.6 Å². The Kier molecular flexibility index (Phi) is 12.0. The maximum Gasteiger partial charge on any atom is 0.170 e. The predicted molar refractivity (Wildman–Crippen MR) is 157 cm³/mol. The Labute approximate surface area is 228 Å². The zero-order chi connectivity index (χ0) is 27.6. The average Bonchev–Trinajstić information content (AvgIpc) is 3.32. The fourth-order valence-electron chi connectivity index (χ4n) is 4.90. The summed E-state index contributed by atoms with van der Waals surface area (Å²) in [7, 11) is 3.17. The third kappa shape index (κ3) is 7.99. The van der Waals surface area contributed by atoms with E-state index in [4.69, 9.17) is 21.7 Å². The molecule has 1 aliphatic carbocycles. The molecule has 4 N–H and O–H groups in total. The van der Waals surface area contributed by atoms with Gasteiger partial charge in [-0.1, -0.05) is 26.3 Å². The van der Waals surface area contributed by atoms with Crippen molar-refractivity contribution in [3.8, 4) is 0 Å². The van der Waals surface area contributed by atoms with E-state index in [0.29, 0.717) is 29.7 Å². The van der Waals surface area contributed by atoms with E-state index in [1.807, 2.05) is 6.92 Å². The highest BCUT2D eigenvalue weighted by molar-refractivity contribution is 7.80. The number of anilines is 1. The molecular formula is C29H47N3O4S. The maximum atomic E-state index is 10.6. The largest absolute Gasteiger partial charge is 0.498 e. The number of nitrogens with one attached hydrogen (secondary N) is 2. The van der Waals surface area contributed by atoms with Crippen LogP contribution in [0.4, 0.5) is 5.69 Å². The van der Waals surface area contributed by atoms with Crippen LogP contribution in [-0.2, 0) is 28.7 Å². The van der Waals surface area contributed by atoms with Crippen LogP contribution in [0.1, 0.15) is 69.2 Å². The van der Waals surface area contributed by atoms with Crippen LogP contribution in [0.25, 0.3) is 0 Å². The Morgan fingerprint density at radius 2 is 1.97 bits per heavy atom. The summed E-state index contributed by atoms with van der Waals surface area (Å²) in [5.74, 6) is 0.348. The number of allylic oxidation sites excluding steroid dienone is 1. The summed E-state index contributed by atoms with van der Waals surface area (Å²) in [6, 6.07) is 2.37. The molecule has 0 bridgehead atoms. The molecule has 208 valence electrons. The Hall–Kier alpha value is -2.00. The fourth-order valence-corrected chi connectivity index (χ4v) is 5.07. The van der Waals surface area contributed by atoms with Crippen LogP contribution in [0, 0.1) is 12.3 Å². The molecule has 0 radical (unpaired) electrons. The van der Waals surface area contributed by atoms with Crippen LogP contribution in [-0.4, -0.2) is 67.2 Å². The molecule has 1 aliphatic rings. The molecule has 1 aromatic rings. The number of aliphatic hydroxyl groups excluding tert-OH is 1. The number of ether oxygens (including phenoxy) is 2. The van der Waals surface area contributed by atoms with Gasteiger partial charge in [0.15, 0.2) is 5.11 Å². The Balaban J connectivity index is 2.33. The lowest BCUT2D eigenvalue weighted by atomic mass is 9.82. The number of thiocarbonyl (C=S) groups is 1. The molecule has 37 heavy (non-hydrogen) atoms. The van der Waals surface area contributed by atoms with Gasteiger partial charge in [0.25, 0.3) is 0 Å². The highest BCUT2D eigenvalue weighted by Crippen LogP contribution is 2.35. The minimum absolute atomic E-state index is 0.223. The van der Waals surface area contributed by atoms with Crippen molar-refractivity contribution in [3.63, 3.8) is 0 Å². The van der Waals surface area contributed by atoms with Crippen LogP contribution >= 0.6 is 12.2 Å². The van der Waals surface area contributed by atoms with Crippen molar-refractivity contribution in [2.24, 2.45) is 10.4 Å². The first-order chi connectivity index (χ1) is 17.6. The van der Waals surface area contributed by atoms with Gasteiger partial charge in [-0.05, 0) is 87.3 Å². The van der Waals surface area contributed by atoms with E-state index in [0.717, 1.165) is 44.2 Å². The van der Waals surface area contributed by atoms with Crippen LogP contribution in [0.15, 0.2) is 22.9 Å². The summed E-state index contributed by atoms with van der Waals surface area (Å²) < 4.78 is 11.4. The second-order valence-electron chi connectivity index (χ2n) is 10.5. The standard InChI is InChI=1S/C29H47N3O4S/c1-8-11-21-15-22-12-10-13-23(22)26(20(21)3)32-27(37)31-17-29(18-33,19-36-14-9-2)24(30-6)16-25(35-7)28(4,5)34/h15-16,33-34H,8-14,17-19H2,1-7H3,(H2,31,32,37)/b25-16-,30-24?. The van der Waals surface area contributed by atoms with Crippen molar-refractivity contribution in [3.05, 3.63) is 40.2 Å². The Morgan fingerprint density at radius 1 is 1.24 bits per heavy atom. The number of aryl methyl sites for hydroxylation is 2. The lowest BCUT2D eigenvalue weighted by Crippen LogP contribution is -2.49. The number of fused-ring (bicyclic) bond motifs is 1. The van der Waals surface area contributed by atoms with Crippen molar-refractivity contribution in [1.82, 2.24) is 5.32 Å². The molecular weight excluding hydrogens is 486 g/mol. The minimum Gasteiger partial charge on any atom is -0.498 e. The van der Waals surface area contributed by atoms with Gasteiger partial charge in [-0.2, -0.15) is 0 Å². The van der Waals surface area contributed by atoms with Gasteiger partial charge in [0.05, 0.1) is 31.5 Å². The zero-order valence-electron chi connectivity index (χ0n) is 23.8. The maximum absolute atomic E-state index is 10.6. The highest BCUT2D eigenvalue weighted by Gasteiger charge is 2.37. The van der Waals surface area contributed by atoms with Crippen molar-refractivity contribution < 1.29 is 19.7 Å². The smallest absolute Gasteiger partial charge is 0.170 e. The van der Waals surface area contributed by atoms with Crippen LogP contribution in [0.2, 0.25) is 0 Å². The number of rotatable bonds is 14. The second kappa shape index (κ2) is 14.2. The first kappa shape index (κ1) is 31.2. The van der Waals surface area contributed by atoms with Gasteiger partial charge < -0.3 is 30.3 Å². The molecule has 8 heteroatoms. The van der Waals surface area contributed by atoms with Gasteiger partial charge in [0.2, 0.25) is 0 Å². The fraction of sp³-hybridized carbons (Fsp3) is 0.655. The summed E-state index contributed by atoms with van der Waals surface area (Å²) in [6.07, 6.45) is 8.00. The quantitative estimate of drug-likeness (QED) is 0.121. The van der Waals surface area contributed by atoms with Gasteiger partial charge in [-0.15, -0.1) is 0 Å². The Morgan fingerprint density at radius 3 is 2.54 bits per heavy atom. The molecule has 1 aromatic carbocycles. The molecule has 2 rings (SSSR count). The third-order valence-electron chi connectivity index (χ3n) is 7.02. The first-order valence-corrected chi connectivity index (χ1v) is 13.8. The molecule has 7 nitrogen and oxygen atoms in total. The van der Waals surface area contributed by atoms with E-state index in [2.05, 4.69) is 35.5 Å². The number of benzene rings is 1. The van der Waals surface area contributed by atoms with Crippen LogP contribution in [0.3, 0.4) is 0 Å². The number of methoxy groups -OCH3 is 1. The summed E-state index contributed by atoms with van der Waals surface area (Å²) in [6.45, 7) is 10.6. The van der Waals surface area contributed by atoms with Crippen molar-refractivity contribution in [2.75, 3.05) is 45.8 Å². The highest BCUT2D eigenvalue weighted by atomic mass is 32.1. The lowest BCUT2D eigenvalue weighted by Gasteiger charge is -2.33. The van der Waals surface area contributed by atoms with Gasteiger partial charge in [0, 0.05) is 32.0 Å². The molecule has 0 aliphatic heterocycles. The molecule has 0 aromatic heterocycles. The first-order valence-electron chi connectivity index (χ1n) is 13.4. The van der Waals surface area contributed by atoms with Gasteiger partial charge in [0.1, 0.15) is 11.4 Å². The monoisotopic (exact) mass is 533 g/mol. The van der Waals surface area contributed by atoms with E-state index in [1.54, 1.807) is 27.0 Å². The number of aliphatic imine (C=N–C) groups is 1. The summed E-state index contributed by atoms with van der Waals surface area (Å²) in [4.78, 5) is 4.47. The number of hydrogen-bond donors (Lipinski definition) is 4. The molecule has 1 atom stereocenters. The van der Waals surface area contributed by atoms with Gasteiger partial charge in [-0.25, -0.2) is 0 Å². The van der Waals surface area contributed by atoms with Crippen molar-refractivity contribution >= 4 is 28.7 Å². The summed E-state index contributed by atoms with van der Waals surface area (Å²) in [5.41, 5.74) is 4.96. The molecule has 0 saturated heterocycles. The lowest BCUT2D eigenvalue weighted by molar-refractivity contribution is 0.0454. The topological polar surface area (TPSA) is 95.3 Å². The SMILES string of the molecule is CCCOCC(CO)(CNC(=S)Nc1c(C)c(CCC)cc2c1CCC2)C(/C=C(\OC)C(C)(C)O)=NC. The zero-order valence-corrected chi connectivity index (χ0v) is 24.6. The van der Waals surface area contributed by atoms with Crippen molar-refractivity contribution in [2.45, 2.75) is 78.7 Å². The normalized spacial score (nSPS) is 15.8. The van der Waals surface area contributed by atoms with Crippen molar-refractivity contribution in [1.29, 1.82) is 0 Å². The van der Waals surface area contributed by atoms with E-state index in [1.165, 1.54) is 29.4 Å². The van der Waals surface area contributed by atoms with E-state index < -0.39 is 11.0 Å². The predicted octanol–water partition coefficient (Wildman–Crippen LogP) is 4.50. The van der Waals surface area contributed by atoms with Crippen LogP contribution in [0.5, 0.6) is 0 Å². The molecule has 0 fully saturated rings. The van der Waals surface area contributed by atoms with E-state index in [9.17, 15) is 10.2 Å². The molecule has 1 unspecified atom stereocenters. The summed E-state index contributed by atoms with van der Waals surface area (Å²) >= 11 is 5.75. The molecule has 0 saturated carbocycles. The number of hydrogen-bond acceptors (Lipinski definition) is 6. The summed E-state index contributed by atoms with van der Waals surface area (Å²) in [5, 5.41) is 28.5. The van der Waals surface area contributed by atoms with Gasteiger partial charge >= 0.3 is 0 Å². The van der Waals surface area contributed by atoms with E-state index in [-0.39, 0.29) is 13.2 Å². The second-order valence-corrected chi connectivity index (χ2v) is 10.9. The Bertz CT molecular complexity index is 984. The average molecular weight is 534 g/mol.